The van der Waals surface area contributed by atoms with E-state index in [0.717, 1.165) is 34.4 Å². The van der Waals surface area contributed by atoms with Crippen molar-refractivity contribution < 1.29 is 10.2 Å². The minimum atomic E-state index is 0. The summed E-state index contributed by atoms with van der Waals surface area (Å²) in [5.74, 6) is 4.37. The van der Waals surface area contributed by atoms with Crippen molar-refractivity contribution in [1.29, 1.82) is 0 Å². The summed E-state index contributed by atoms with van der Waals surface area (Å²) in [5.41, 5.74) is 0. The molecule has 176 valence electrons. The number of benzene rings is 2. The Morgan fingerprint density at radius 2 is 0.867 bits per heavy atom. The molecule has 1 fully saturated rings. The standard InChI is InChI=1S/C12H24.C10H8O2.2C2H6.2CH4/c1-9(2)11-5-7-12(8-6-11)10(3)4;11-9-3-1-7-5-10(12)4-2-8(7)6-9;2*1-2;;/h9-12H,5-8H2,1-4H3;1-6,11-12H;2*1-2H3;2*1H4. The fourth-order valence-corrected chi connectivity index (χ4v) is 3.70. The lowest BCUT2D eigenvalue weighted by Crippen LogP contribution is -2.21. The van der Waals surface area contributed by atoms with Crippen LogP contribution in [0.25, 0.3) is 10.8 Å². The Labute approximate surface area is 188 Å². The second-order valence-electron chi connectivity index (χ2n) is 7.88. The van der Waals surface area contributed by atoms with Gasteiger partial charge in [-0.05, 0) is 84.4 Å². The molecule has 0 atom stereocenters. The lowest BCUT2D eigenvalue weighted by atomic mass is 9.73. The number of aromatic hydroxyl groups is 2. The number of phenols is 2. The van der Waals surface area contributed by atoms with E-state index >= 15 is 0 Å². The maximum atomic E-state index is 9.14. The van der Waals surface area contributed by atoms with Gasteiger partial charge in [-0.25, -0.2) is 0 Å². The predicted octanol–water partition coefficient (Wildman–Crippen LogP) is 9.68. The van der Waals surface area contributed by atoms with Crippen LogP contribution in [0.4, 0.5) is 0 Å². The fraction of sp³-hybridized carbons (Fsp3) is 0.643. The van der Waals surface area contributed by atoms with E-state index in [1.807, 2.05) is 27.7 Å². The summed E-state index contributed by atoms with van der Waals surface area (Å²) in [5, 5.41) is 20.1. The highest BCUT2D eigenvalue weighted by atomic mass is 16.3. The van der Waals surface area contributed by atoms with Crippen LogP contribution in [0.1, 0.15) is 95.9 Å². The van der Waals surface area contributed by atoms with Gasteiger partial charge in [-0.3, -0.25) is 0 Å². The normalized spacial score (nSPS) is 17.1. The monoisotopic (exact) mass is 420 g/mol. The van der Waals surface area contributed by atoms with Gasteiger partial charge >= 0.3 is 0 Å². The van der Waals surface area contributed by atoms with Crippen LogP contribution in [0, 0.1) is 23.7 Å². The minimum absolute atomic E-state index is 0. The van der Waals surface area contributed by atoms with Crippen LogP contribution < -0.4 is 0 Å². The van der Waals surface area contributed by atoms with Gasteiger partial charge in [0.2, 0.25) is 0 Å². The summed E-state index contributed by atoms with van der Waals surface area (Å²) in [4.78, 5) is 0. The van der Waals surface area contributed by atoms with Gasteiger partial charge in [0.05, 0.1) is 0 Å². The molecule has 0 unspecified atom stereocenters. The SMILES string of the molecule is C.C.CC.CC.CC(C)C1CCC(C(C)C)CC1.Oc1ccc2cc(O)ccc2c1. The zero-order valence-electron chi connectivity index (χ0n) is 19.5. The molecule has 0 aliphatic heterocycles. The third-order valence-electron chi connectivity index (χ3n) is 5.51. The first kappa shape index (κ1) is 33.0. The molecule has 0 amide bonds. The van der Waals surface area contributed by atoms with Gasteiger partial charge in [0.15, 0.2) is 0 Å². The second kappa shape index (κ2) is 18.1. The average Bonchev–Trinajstić information content (AvgIpc) is 2.72. The Morgan fingerprint density at radius 3 is 1.10 bits per heavy atom. The summed E-state index contributed by atoms with van der Waals surface area (Å²) >= 11 is 0. The summed E-state index contributed by atoms with van der Waals surface area (Å²) in [6.45, 7) is 17.5. The Hall–Kier alpha value is -1.70. The van der Waals surface area contributed by atoms with Gasteiger partial charge in [0.1, 0.15) is 11.5 Å². The van der Waals surface area contributed by atoms with E-state index < -0.39 is 0 Å². The molecule has 0 radical (unpaired) electrons. The molecule has 2 nitrogen and oxygen atoms in total. The van der Waals surface area contributed by atoms with Gasteiger partial charge < -0.3 is 10.2 Å². The maximum Gasteiger partial charge on any atom is 0.116 e. The Bertz CT molecular complexity index is 581. The van der Waals surface area contributed by atoms with Crippen molar-refractivity contribution in [2.45, 2.75) is 95.9 Å². The van der Waals surface area contributed by atoms with Gasteiger partial charge in [0.25, 0.3) is 0 Å². The van der Waals surface area contributed by atoms with Crippen molar-refractivity contribution in [2.24, 2.45) is 23.7 Å². The van der Waals surface area contributed by atoms with Gasteiger partial charge in [-0.1, -0.05) is 82.4 Å². The first-order valence-electron chi connectivity index (χ1n) is 11.3. The predicted molar refractivity (Wildman–Crippen MR) is 139 cm³/mol. The molecule has 30 heavy (non-hydrogen) atoms. The first-order valence-corrected chi connectivity index (χ1v) is 11.3. The molecule has 0 aromatic heterocycles. The Morgan fingerprint density at radius 1 is 0.600 bits per heavy atom. The minimum Gasteiger partial charge on any atom is -0.508 e. The quantitative estimate of drug-likeness (QED) is 0.507. The molecule has 2 aromatic rings. The molecular weight excluding hydrogens is 368 g/mol. The lowest BCUT2D eigenvalue weighted by molar-refractivity contribution is 0.189. The Kier molecular flexibility index (Phi) is 19.9. The molecule has 2 heteroatoms. The largest absolute Gasteiger partial charge is 0.508 e. The highest BCUT2D eigenvalue weighted by molar-refractivity contribution is 5.84. The summed E-state index contributed by atoms with van der Waals surface area (Å²) in [6.07, 6.45) is 5.95. The fourth-order valence-electron chi connectivity index (χ4n) is 3.70. The molecular formula is C28H52O2. The third kappa shape index (κ3) is 11.5. The van der Waals surface area contributed by atoms with Crippen LogP contribution in [0.2, 0.25) is 0 Å². The topological polar surface area (TPSA) is 40.5 Å². The van der Waals surface area contributed by atoms with Crippen molar-refractivity contribution in [3.05, 3.63) is 36.4 Å². The van der Waals surface area contributed by atoms with Crippen LogP contribution in [0.15, 0.2) is 36.4 Å². The molecule has 0 saturated heterocycles. The van der Waals surface area contributed by atoms with E-state index in [9.17, 15) is 0 Å². The van der Waals surface area contributed by atoms with Crippen LogP contribution >= 0.6 is 0 Å². The molecule has 0 heterocycles. The molecule has 1 saturated carbocycles. The van der Waals surface area contributed by atoms with Gasteiger partial charge in [-0.15, -0.1) is 0 Å². The van der Waals surface area contributed by atoms with Crippen LogP contribution in [0.5, 0.6) is 11.5 Å². The van der Waals surface area contributed by atoms with E-state index in [0.29, 0.717) is 0 Å². The van der Waals surface area contributed by atoms with Gasteiger partial charge in [0, 0.05) is 0 Å². The van der Waals surface area contributed by atoms with E-state index in [4.69, 9.17) is 10.2 Å². The summed E-state index contributed by atoms with van der Waals surface area (Å²) in [7, 11) is 0. The summed E-state index contributed by atoms with van der Waals surface area (Å²) < 4.78 is 0. The first-order chi connectivity index (χ1) is 13.4. The lowest BCUT2D eigenvalue weighted by Gasteiger charge is -2.32. The van der Waals surface area contributed by atoms with Crippen LogP contribution in [0.3, 0.4) is 0 Å². The van der Waals surface area contributed by atoms with Gasteiger partial charge in [-0.2, -0.15) is 0 Å². The molecule has 1 aliphatic rings. The number of phenolic OH excluding ortho intramolecular Hbond substituents is 2. The van der Waals surface area contributed by atoms with Crippen molar-refractivity contribution in [2.75, 3.05) is 0 Å². The summed E-state index contributed by atoms with van der Waals surface area (Å²) in [6, 6.07) is 10.1. The van der Waals surface area contributed by atoms with Crippen molar-refractivity contribution in [3.63, 3.8) is 0 Å². The average molecular weight is 421 g/mol. The number of hydrogen-bond donors (Lipinski definition) is 2. The smallest absolute Gasteiger partial charge is 0.116 e. The van der Waals surface area contributed by atoms with Crippen LogP contribution in [-0.2, 0) is 0 Å². The molecule has 2 N–H and O–H groups in total. The number of fused-ring (bicyclic) bond motifs is 1. The zero-order valence-corrected chi connectivity index (χ0v) is 19.5. The van der Waals surface area contributed by atoms with E-state index in [1.165, 1.54) is 25.7 Å². The van der Waals surface area contributed by atoms with Crippen molar-refractivity contribution in [1.82, 2.24) is 0 Å². The van der Waals surface area contributed by atoms with E-state index in [-0.39, 0.29) is 26.4 Å². The molecule has 0 bridgehead atoms. The Balaban J connectivity index is -0.000000394. The molecule has 1 aliphatic carbocycles. The third-order valence-corrected chi connectivity index (χ3v) is 5.51. The molecule has 2 aromatic carbocycles. The van der Waals surface area contributed by atoms with E-state index in [1.54, 1.807) is 36.4 Å². The van der Waals surface area contributed by atoms with Crippen molar-refractivity contribution in [3.8, 4) is 11.5 Å². The second-order valence-corrected chi connectivity index (χ2v) is 7.88. The molecule has 0 spiro atoms. The van der Waals surface area contributed by atoms with Crippen molar-refractivity contribution >= 4 is 10.8 Å². The van der Waals surface area contributed by atoms with Crippen LogP contribution in [-0.4, -0.2) is 10.2 Å². The number of hydrogen-bond acceptors (Lipinski definition) is 2. The maximum absolute atomic E-state index is 9.14. The molecule has 3 rings (SSSR count). The highest BCUT2D eigenvalue weighted by Crippen LogP contribution is 2.36. The highest BCUT2D eigenvalue weighted by Gasteiger charge is 2.24. The number of rotatable bonds is 2. The van der Waals surface area contributed by atoms with E-state index in [2.05, 4.69) is 27.7 Å². The zero-order chi connectivity index (χ0) is 21.7.